The highest BCUT2D eigenvalue weighted by Gasteiger charge is 2.17. The van der Waals surface area contributed by atoms with Gasteiger partial charge in [-0.25, -0.2) is 13.2 Å². The number of hydrogen-bond donors (Lipinski definition) is 2. The first-order valence-electron chi connectivity index (χ1n) is 8.22. The lowest BCUT2D eigenvalue weighted by Gasteiger charge is -2.09. The molecule has 0 aromatic heterocycles. The molecule has 9 nitrogen and oxygen atoms in total. The summed E-state index contributed by atoms with van der Waals surface area (Å²) in [6.45, 7) is -0.0525. The van der Waals surface area contributed by atoms with E-state index in [2.05, 4.69) is 10.1 Å². The molecule has 2 N–H and O–H groups in total. The molecule has 0 aliphatic rings. The smallest absolute Gasteiger partial charge is 0.325 e. The number of nitro benzene ring substituents is 1. The van der Waals surface area contributed by atoms with Crippen LogP contribution in [0.4, 0.5) is 24.5 Å². The van der Waals surface area contributed by atoms with E-state index in [1.54, 1.807) is 0 Å². The van der Waals surface area contributed by atoms with Crippen LogP contribution >= 0.6 is 0 Å². The Labute approximate surface area is 167 Å². The maximum atomic E-state index is 13.5. The Bertz CT molecular complexity index is 1030. The average Bonchev–Trinajstić information content (AvgIpc) is 2.70. The van der Waals surface area contributed by atoms with Crippen LogP contribution in [0.25, 0.3) is 0 Å². The van der Waals surface area contributed by atoms with Gasteiger partial charge in [0.1, 0.15) is 6.54 Å². The van der Waals surface area contributed by atoms with Gasteiger partial charge >= 0.3 is 5.97 Å². The molecule has 0 radical (unpaired) electrons. The second-order valence-electron chi connectivity index (χ2n) is 5.87. The third-order valence-electron chi connectivity index (χ3n) is 3.72. The Morgan fingerprint density at radius 2 is 1.80 bits per heavy atom. The normalized spacial score (nSPS) is 10.3. The van der Waals surface area contributed by atoms with E-state index in [-0.39, 0.29) is 16.8 Å². The average molecular weight is 425 g/mol. The number of nitrogens with one attached hydrogen (secondary N) is 2. The monoisotopic (exact) mass is 425 g/mol. The number of nitro groups is 1. The number of amides is 2. The van der Waals surface area contributed by atoms with Crippen molar-refractivity contribution in [2.45, 2.75) is 6.92 Å². The lowest BCUT2D eigenvalue weighted by molar-refractivity contribution is -0.385. The van der Waals surface area contributed by atoms with Gasteiger partial charge in [-0.3, -0.25) is 24.5 Å². The maximum absolute atomic E-state index is 13.5. The van der Waals surface area contributed by atoms with Gasteiger partial charge < -0.3 is 15.4 Å². The Kier molecular flexibility index (Phi) is 7.07. The quantitative estimate of drug-likeness (QED) is 0.303. The summed E-state index contributed by atoms with van der Waals surface area (Å²) in [6.07, 6.45) is 0. The van der Waals surface area contributed by atoms with Crippen molar-refractivity contribution >= 4 is 29.2 Å². The summed E-state index contributed by atoms with van der Waals surface area (Å²) in [5.74, 6) is -7.56. The third-order valence-corrected chi connectivity index (χ3v) is 3.72. The van der Waals surface area contributed by atoms with Gasteiger partial charge in [0.05, 0.1) is 10.6 Å². The van der Waals surface area contributed by atoms with Crippen LogP contribution in [0.15, 0.2) is 30.3 Å². The standard InChI is InChI=1S/C18H14F3N3O6/c1-9-6-10(2-5-13(9)24(28)29)18(27)22-7-15(26)30-8-14(25)23-12-4-3-11(19)16(20)17(12)21/h2-6H,7-8H2,1H3,(H,22,27)(H,23,25). The van der Waals surface area contributed by atoms with Crippen LogP contribution in [0.1, 0.15) is 15.9 Å². The molecule has 0 saturated heterocycles. The number of anilines is 1. The van der Waals surface area contributed by atoms with Crippen molar-refractivity contribution in [1.29, 1.82) is 0 Å². The van der Waals surface area contributed by atoms with Crippen molar-refractivity contribution in [3.8, 4) is 0 Å². The minimum Gasteiger partial charge on any atom is -0.454 e. The van der Waals surface area contributed by atoms with E-state index in [0.29, 0.717) is 6.07 Å². The van der Waals surface area contributed by atoms with Gasteiger partial charge in [-0.15, -0.1) is 0 Å². The van der Waals surface area contributed by atoms with Crippen molar-refractivity contribution in [2.24, 2.45) is 0 Å². The zero-order valence-corrected chi connectivity index (χ0v) is 15.3. The van der Waals surface area contributed by atoms with Gasteiger partial charge in [0, 0.05) is 17.2 Å². The minimum absolute atomic E-state index is 0.0671. The van der Waals surface area contributed by atoms with Crippen LogP contribution in [0.3, 0.4) is 0 Å². The molecule has 2 aromatic rings. The summed E-state index contributed by atoms with van der Waals surface area (Å²) in [4.78, 5) is 45.4. The first-order chi connectivity index (χ1) is 14.1. The Morgan fingerprint density at radius 3 is 2.43 bits per heavy atom. The van der Waals surface area contributed by atoms with E-state index in [9.17, 15) is 37.7 Å². The highest BCUT2D eigenvalue weighted by Crippen LogP contribution is 2.20. The van der Waals surface area contributed by atoms with Crippen LogP contribution in [-0.2, 0) is 14.3 Å². The number of carbonyl (C=O) groups is 3. The molecule has 0 bridgehead atoms. The molecule has 0 unspecified atom stereocenters. The summed E-state index contributed by atoms with van der Waals surface area (Å²) >= 11 is 0. The SMILES string of the molecule is Cc1cc(C(=O)NCC(=O)OCC(=O)Nc2ccc(F)c(F)c2F)ccc1[N+](=O)[O-]. The molecule has 2 aromatic carbocycles. The topological polar surface area (TPSA) is 128 Å². The number of ether oxygens (including phenoxy) is 1. The fraction of sp³-hybridized carbons (Fsp3) is 0.167. The van der Waals surface area contributed by atoms with Gasteiger partial charge in [0.15, 0.2) is 24.1 Å². The number of nitrogens with zero attached hydrogens (tertiary/aromatic N) is 1. The van der Waals surface area contributed by atoms with E-state index in [4.69, 9.17) is 0 Å². The second kappa shape index (κ2) is 9.49. The number of rotatable bonds is 7. The lowest BCUT2D eigenvalue weighted by Crippen LogP contribution is -2.32. The van der Waals surface area contributed by atoms with Crippen LogP contribution in [0.2, 0.25) is 0 Å². The van der Waals surface area contributed by atoms with Crippen molar-refractivity contribution in [1.82, 2.24) is 5.32 Å². The van der Waals surface area contributed by atoms with Crippen molar-refractivity contribution in [2.75, 3.05) is 18.5 Å². The van der Waals surface area contributed by atoms with Gasteiger partial charge in [-0.1, -0.05) is 0 Å². The van der Waals surface area contributed by atoms with E-state index in [1.165, 1.54) is 19.1 Å². The number of halogens is 3. The predicted molar refractivity (Wildman–Crippen MR) is 96.1 cm³/mol. The van der Waals surface area contributed by atoms with Crippen LogP contribution in [-0.4, -0.2) is 35.9 Å². The number of hydrogen-bond acceptors (Lipinski definition) is 6. The van der Waals surface area contributed by atoms with Crippen molar-refractivity contribution < 1.29 is 37.2 Å². The van der Waals surface area contributed by atoms with E-state index in [0.717, 1.165) is 12.1 Å². The fourth-order valence-corrected chi connectivity index (χ4v) is 2.26. The maximum Gasteiger partial charge on any atom is 0.325 e. The highest BCUT2D eigenvalue weighted by molar-refractivity contribution is 5.97. The van der Waals surface area contributed by atoms with Gasteiger partial charge in [-0.05, 0) is 31.2 Å². The second-order valence-corrected chi connectivity index (χ2v) is 5.87. The summed E-state index contributed by atoms with van der Waals surface area (Å²) in [7, 11) is 0. The summed E-state index contributed by atoms with van der Waals surface area (Å²) in [6, 6.07) is 5.01. The molecule has 12 heteroatoms. The number of carbonyl (C=O) groups excluding carboxylic acids is 3. The fourth-order valence-electron chi connectivity index (χ4n) is 2.26. The first-order valence-corrected chi connectivity index (χ1v) is 8.22. The summed E-state index contributed by atoms with van der Waals surface area (Å²) < 4.78 is 44.0. The number of esters is 1. The molecule has 158 valence electrons. The van der Waals surface area contributed by atoms with E-state index < -0.39 is 59.0 Å². The molecule has 0 saturated carbocycles. The summed E-state index contributed by atoms with van der Waals surface area (Å²) in [5.41, 5.74) is -0.500. The van der Waals surface area contributed by atoms with E-state index >= 15 is 0 Å². The van der Waals surface area contributed by atoms with Gasteiger partial charge in [0.25, 0.3) is 17.5 Å². The number of benzene rings is 2. The molecule has 0 aliphatic heterocycles. The minimum atomic E-state index is -1.77. The zero-order chi connectivity index (χ0) is 22.4. The zero-order valence-electron chi connectivity index (χ0n) is 15.3. The van der Waals surface area contributed by atoms with Gasteiger partial charge in [0.2, 0.25) is 0 Å². The van der Waals surface area contributed by atoms with Crippen molar-refractivity contribution in [3.63, 3.8) is 0 Å². The molecule has 2 rings (SSSR count). The summed E-state index contributed by atoms with van der Waals surface area (Å²) in [5, 5.41) is 14.9. The molecule has 0 fully saturated rings. The van der Waals surface area contributed by atoms with Crippen LogP contribution in [0.5, 0.6) is 0 Å². The molecule has 0 atom stereocenters. The molecule has 2 amide bonds. The molecule has 0 spiro atoms. The Balaban J connectivity index is 1.83. The van der Waals surface area contributed by atoms with Crippen LogP contribution in [0, 0.1) is 34.5 Å². The predicted octanol–water partition coefficient (Wildman–Crippen LogP) is 2.23. The first kappa shape index (κ1) is 22.3. The molecule has 0 aliphatic carbocycles. The molecular formula is C18H14F3N3O6. The highest BCUT2D eigenvalue weighted by atomic mass is 19.2. The Morgan fingerprint density at radius 1 is 1.10 bits per heavy atom. The molecule has 0 heterocycles. The molecule has 30 heavy (non-hydrogen) atoms. The lowest BCUT2D eigenvalue weighted by atomic mass is 10.1. The Hall–Kier alpha value is -3.96. The molecular weight excluding hydrogens is 411 g/mol. The third kappa shape index (κ3) is 5.53. The van der Waals surface area contributed by atoms with Crippen LogP contribution < -0.4 is 10.6 Å². The number of aryl methyl sites for hydroxylation is 1. The largest absolute Gasteiger partial charge is 0.454 e. The van der Waals surface area contributed by atoms with Gasteiger partial charge in [-0.2, -0.15) is 0 Å². The van der Waals surface area contributed by atoms with E-state index in [1.807, 2.05) is 5.32 Å². The van der Waals surface area contributed by atoms with Crippen molar-refractivity contribution in [3.05, 3.63) is 69.0 Å².